The Labute approximate surface area is 181 Å². The molecule has 5 rings (SSSR count). The van der Waals surface area contributed by atoms with Crippen LogP contribution in [0.5, 0.6) is 0 Å². The Morgan fingerprint density at radius 1 is 1.19 bits per heavy atom. The van der Waals surface area contributed by atoms with Crippen molar-refractivity contribution >= 4 is 23.1 Å². The summed E-state index contributed by atoms with van der Waals surface area (Å²) >= 11 is 0. The molecule has 0 spiro atoms. The normalized spacial score (nSPS) is 19.0. The third-order valence-electron chi connectivity index (χ3n) is 6.52. The number of aryl methyl sites for hydroxylation is 2. The molecule has 8 nitrogen and oxygen atoms in total. The van der Waals surface area contributed by atoms with Crippen LogP contribution in [-0.4, -0.2) is 49.1 Å². The molecule has 162 valence electrons. The SMILES string of the molecule is CCn1nc2cc(N3CCCc4cc(C(=O)N5CCCC[C@H]5C)cnc43)ccn2c1=O. The first-order chi connectivity index (χ1) is 15.1. The highest BCUT2D eigenvalue weighted by atomic mass is 16.2. The lowest BCUT2D eigenvalue weighted by molar-refractivity contribution is 0.0635. The number of carbonyl (C=O) groups is 1. The Hall–Kier alpha value is -3.16. The first kappa shape index (κ1) is 19.8. The molecule has 1 fully saturated rings. The number of nitrogens with zero attached hydrogens (tertiary/aromatic N) is 6. The lowest BCUT2D eigenvalue weighted by atomic mass is 10.0. The van der Waals surface area contributed by atoms with E-state index >= 15 is 0 Å². The van der Waals surface area contributed by atoms with Crippen molar-refractivity contribution in [2.45, 2.75) is 58.5 Å². The maximum absolute atomic E-state index is 13.1. The molecule has 0 aliphatic carbocycles. The van der Waals surface area contributed by atoms with Gasteiger partial charge >= 0.3 is 5.69 Å². The molecule has 1 amide bonds. The summed E-state index contributed by atoms with van der Waals surface area (Å²) < 4.78 is 3.02. The second-order valence-electron chi connectivity index (χ2n) is 8.52. The molecule has 8 heteroatoms. The van der Waals surface area contributed by atoms with E-state index < -0.39 is 0 Å². The lowest BCUT2D eigenvalue weighted by Gasteiger charge is -2.34. The molecule has 2 aliphatic rings. The molecule has 3 aromatic heterocycles. The molecule has 0 radical (unpaired) electrons. The number of fused-ring (bicyclic) bond motifs is 2. The number of aromatic nitrogens is 4. The van der Waals surface area contributed by atoms with Crippen molar-refractivity contribution < 1.29 is 4.79 Å². The Morgan fingerprint density at radius 2 is 2.06 bits per heavy atom. The number of amides is 1. The van der Waals surface area contributed by atoms with Gasteiger partial charge in [-0.1, -0.05) is 0 Å². The van der Waals surface area contributed by atoms with Gasteiger partial charge in [0.1, 0.15) is 5.82 Å². The van der Waals surface area contributed by atoms with Gasteiger partial charge in [0.05, 0.1) is 5.56 Å². The van der Waals surface area contributed by atoms with E-state index in [1.807, 2.05) is 30.0 Å². The minimum Gasteiger partial charge on any atom is -0.336 e. The van der Waals surface area contributed by atoms with Crippen molar-refractivity contribution in [1.82, 2.24) is 24.1 Å². The van der Waals surface area contributed by atoms with Crippen LogP contribution >= 0.6 is 0 Å². The van der Waals surface area contributed by atoms with Crippen LogP contribution in [0.15, 0.2) is 35.4 Å². The summed E-state index contributed by atoms with van der Waals surface area (Å²) in [5.74, 6) is 0.974. The summed E-state index contributed by atoms with van der Waals surface area (Å²) in [6, 6.07) is 6.17. The highest BCUT2D eigenvalue weighted by Gasteiger charge is 2.27. The Kier molecular flexibility index (Phi) is 5.00. The molecule has 2 aliphatic heterocycles. The summed E-state index contributed by atoms with van der Waals surface area (Å²) in [5, 5.41) is 4.41. The summed E-state index contributed by atoms with van der Waals surface area (Å²) in [4.78, 5) is 34.3. The van der Waals surface area contributed by atoms with Crippen molar-refractivity contribution in [3.05, 3.63) is 52.2 Å². The number of carbonyl (C=O) groups excluding carboxylic acids is 1. The predicted octanol–water partition coefficient (Wildman–Crippen LogP) is 3.01. The summed E-state index contributed by atoms with van der Waals surface area (Å²) in [6.45, 7) is 6.24. The van der Waals surface area contributed by atoms with Crippen molar-refractivity contribution in [1.29, 1.82) is 0 Å². The Balaban J connectivity index is 1.47. The maximum Gasteiger partial charge on any atom is 0.350 e. The van der Waals surface area contributed by atoms with Gasteiger partial charge in [-0.25, -0.2) is 14.5 Å². The largest absolute Gasteiger partial charge is 0.350 e. The highest BCUT2D eigenvalue weighted by Crippen LogP contribution is 2.33. The van der Waals surface area contributed by atoms with Gasteiger partial charge < -0.3 is 9.80 Å². The van der Waals surface area contributed by atoms with E-state index in [1.54, 1.807) is 16.8 Å². The average Bonchev–Trinajstić information content (AvgIpc) is 3.13. The van der Waals surface area contributed by atoms with Gasteiger partial charge in [-0.3, -0.25) is 9.20 Å². The molecule has 0 bridgehead atoms. The summed E-state index contributed by atoms with van der Waals surface area (Å²) in [5.41, 5.74) is 3.23. The van der Waals surface area contributed by atoms with E-state index in [4.69, 9.17) is 4.98 Å². The highest BCUT2D eigenvalue weighted by molar-refractivity contribution is 5.95. The fourth-order valence-electron chi connectivity index (χ4n) is 4.78. The number of piperidine rings is 1. The van der Waals surface area contributed by atoms with Crippen LogP contribution in [0.2, 0.25) is 0 Å². The lowest BCUT2D eigenvalue weighted by Crippen LogP contribution is -2.42. The number of likely N-dealkylation sites (tertiary alicyclic amines) is 1. The van der Waals surface area contributed by atoms with Crippen molar-refractivity contribution in [2.24, 2.45) is 0 Å². The number of anilines is 2. The number of rotatable bonds is 3. The monoisotopic (exact) mass is 420 g/mol. The van der Waals surface area contributed by atoms with Crippen LogP contribution in [0.25, 0.3) is 5.65 Å². The van der Waals surface area contributed by atoms with Gasteiger partial charge in [0.15, 0.2) is 5.65 Å². The number of hydrogen-bond donors (Lipinski definition) is 0. The second kappa shape index (κ2) is 7.83. The molecule has 1 atom stereocenters. The van der Waals surface area contributed by atoms with Gasteiger partial charge in [-0.05, 0) is 63.6 Å². The maximum atomic E-state index is 13.1. The quantitative estimate of drug-likeness (QED) is 0.651. The minimum atomic E-state index is -0.128. The first-order valence-corrected chi connectivity index (χ1v) is 11.2. The summed E-state index contributed by atoms with van der Waals surface area (Å²) in [6.07, 6.45) is 8.70. The molecular weight excluding hydrogens is 392 g/mol. The fourth-order valence-corrected chi connectivity index (χ4v) is 4.78. The molecule has 0 unspecified atom stereocenters. The van der Waals surface area contributed by atoms with Crippen molar-refractivity contribution in [3.63, 3.8) is 0 Å². The van der Waals surface area contributed by atoms with E-state index in [0.29, 0.717) is 17.8 Å². The van der Waals surface area contributed by atoms with Gasteiger partial charge in [-0.15, -0.1) is 5.10 Å². The predicted molar refractivity (Wildman–Crippen MR) is 119 cm³/mol. The van der Waals surface area contributed by atoms with Crippen LogP contribution in [0, 0.1) is 0 Å². The van der Waals surface area contributed by atoms with Crippen molar-refractivity contribution in [3.8, 4) is 0 Å². The van der Waals surface area contributed by atoms with Gasteiger partial charge in [0.2, 0.25) is 0 Å². The fraction of sp³-hybridized carbons (Fsp3) is 0.478. The van der Waals surface area contributed by atoms with Crippen LogP contribution in [-0.2, 0) is 13.0 Å². The zero-order chi connectivity index (χ0) is 21.5. The van der Waals surface area contributed by atoms with Crippen LogP contribution in [0.4, 0.5) is 11.5 Å². The molecule has 0 saturated carbocycles. The topological polar surface area (TPSA) is 75.7 Å². The van der Waals surface area contributed by atoms with E-state index in [-0.39, 0.29) is 17.6 Å². The molecule has 3 aromatic rings. The third-order valence-corrected chi connectivity index (χ3v) is 6.52. The smallest absolute Gasteiger partial charge is 0.336 e. The molecule has 31 heavy (non-hydrogen) atoms. The number of hydrogen-bond acceptors (Lipinski definition) is 5. The first-order valence-electron chi connectivity index (χ1n) is 11.2. The molecular formula is C23H28N6O2. The third kappa shape index (κ3) is 3.40. The minimum absolute atomic E-state index is 0.0884. The van der Waals surface area contributed by atoms with Crippen LogP contribution < -0.4 is 10.6 Å². The molecule has 0 N–H and O–H groups in total. The van der Waals surface area contributed by atoms with E-state index in [0.717, 1.165) is 55.8 Å². The van der Waals surface area contributed by atoms with Gasteiger partial charge in [-0.2, -0.15) is 0 Å². The zero-order valence-corrected chi connectivity index (χ0v) is 18.1. The van der Waals surface area contributed by atoms with E-state index in [9.17, 15) is 9.59 Å². The van der Waals surface area contributed by atoms with Gasteiger partial charge in [0, 0.05) is 49.8 Å². The van der Waals surface area contributed by atoms with Crippen LogP contribution in [0.3, 0.4) is 0 Å². The van der Waals surface area contributed by atoms with E-state index in [1.165, 1.54) is 11.1 Å². The zero-order valence-electron chi connectivity index (χ0n) is 18.1. The molecule has 0 aromatic carbocycles. The van der Waals surface area contributed by atoms with Crippen molar-refractivity contribution in [2.75, 3.05) is 18.0 Å². The molecule has 1 saturated heterocycles. The Morgan fingerprint density at radius 3 is 2.87 bits per heavy atom. The summed E-state index contributed by atoms with van der Waals surface area (Å²) in [7, 11) is 0. The molecule has 5 heterocycles. The standard InChI is InChI=1S/C23H28N6O2/c1-3-29-23(31)28-12-9-19(14-20(28)25-29)27-11-6-8-17-13-18(15-24-21(17)27)22(30)26-10-5-4-7-16(26)2/h9,12-16H,3-8,10-11H2,1-2H3/t16-/m1/s1. The van der Waals surface area contributed by atoms with Crippen LogP contribution in [0.1, 0.15) is 55.5 Å². The second-order valence-corrected chi connectivity index (χ2v) is 8.52. The van der Waals surface area contributed by atoms with E-state index in [2.05, 4.69) is 16.9 Å². The Bertz CT molecular complexity index is 1200. The van der Waals surface area contributed by atoms with Gasteiger partial charge in [0.25, 0.3) is 5.91 Å². The number of pyridine rings is 2. The average molecular weight is 421 g/mol.